The summed E-state index contributed by atoms with van der Waals surface area (Å²) in [5.41, 5.74) is 0.626. The van der Waals surface area contributed by atoms with Crippen molar-refractivity contribution in [2.45, 2.75) is 17.9 Å². The van der Waals surface area contributed by atoms with Gasteiger partial charge < -0.3 is 4.74 Å². The van der Waals surface area contributed by atoms with E-state index < -0.39 is 22.1 Å². The SMILES string of the molecule is C[C@@H](OC(=O)c1ccc(S(=O)(=O)N(C)C)cc1)C(=O)c1ccccc1. The van der Waals surface area contributed by atoms with E-state index in [0.717, 1.165) is 4.31 Å². The van der Waals surface area contributed by atoms with Crippen molar-refractivity contribution in [2.24, 2.45) is 0 Å². The zero-order valence-electron chi connectivity index (χ0n) is 14.2. The Kier molecular flexibility index (Phi) is 5.71. The summed E-state index contributed by atoms with van der Waals surface area (Å²) in [6, 6.07) is 13.9. The first-order chi connectivity index (χ1) is 11.7. The van der Waals surface area contributed by atoms with Crippen molar-refractivity contribution in [3.63, 3.8) is 0 Å². The minimum absolute atomic E-state index is 0.0717. The predicted molar refractivity (Wildman–Crippen MR) is 93.0 cm³/mol. The Hall–Kier alpha value is -2.51. The summed E-state index contributed by atoms with van der Waals surface area (Å²) in [5.74, 6) is -0.994. The van der Waals surface area contributed by atoms with Crippen LogP contribution in [0.3, 0.4) is 0 Å². The van der Waals surface area contributed by atoms with Gasteiger partial charge in [-0.25, -0.2) is 17.5 Å². The molecule has 0 aromatic heterocycles. The van der Waals surface area contributed by atoms with Gasteiger partial charge in [-0.2, -0.15) is 0 Å². The van der Waals surface area contributed by atoms with Crippen LogP contribution in [0.4, 0.5) is 0 Å². The molecule has 7 heteroatoms. The summed E-state index contributed by atoms with van der Waals surface area (Å²) < 4.78 is 30.3. The molecule has 0 saturated heterocycles. The van der Waals surface area contributed by atoms with Crippen LogP contribution < -0.4 is 0 Å². The number of esters is 1. The molecule has 0 spiro atoms. The van der Waals surface area contributed by atoms with Gasteiger partial charge >= 0.3 is 5.97 Å². The van der Waals surface area contributed by atoms with E-state index in [1.807, 2.05) is 0 Å². The molecule has 132 valence electrons. The van der Waals surface area contributed by atoms with Gasteiger partial charge in [0.2, 0.25) is 15.8 Å². The van der Waals surface area contributed by atoms with E-state index in [1.165, 1.54) is 45.3 Å². The van der Waals surface area contributed by atoms with E-state index in [4.69, 9.17) is 4.74 Å². The fraction of sp³-hybridized carbons (Fsp3) is 0.222. The molecule has 0 amide bonds. The quantitative estimate of drug-likeness (QED) is 0.583. The summed E-state index contributed by atoms with van der Waals surface area (Å²) in [5, 5.41) is 0. The highest BCUT2D eigenvalue weighted by Crippen LogP contribution is 2.15. The molecule has 0 aliphatic carbocycles. The highest BCUT2D eigenvalue weighted by molar-refractivity contribution is 7.89. The van der Waals surface area contributed by atoms with Gasteiger partial charge in [-0.3, -0.25) is 4.79 Å². The second-order valence-corrected chi connectivity index (χ2v) is 7.74. The van der Waals surface area contributed by atoms with Gasteiger partial charge in [-0.1, -0.05) is 30.3 Å². The number of hydrogen-bond acceptors (Lipinski definition) is 5. The molecule has 0 aliphatic rings. The largest absolute Gasteiger partial charge is 0.451 e. The Labute approximate surface area is 147 Å². The maximum absolute atomic E-state index is 12.2. The fourth-order valence-corrected chi connectivity index (χ4v) is 2.99. The van der Waals surface area contributed by atoms with Crippen molar-refractivity contribution >= 4 is 21.8 Å². The van der Waals surface area contributed by atoms with Gasteiger partial charge in [0.1, 0.15) is 0 Å². The lowest BCUT2D eigenvalue weighted by atomic mass is 10.1. The Morgan fingerprint density at radius 1 is 0.920 bits per heavy atom. The molecular formula is C18H19NO5S. The minimum atomic E-state index is -3.56. The third-order valence-corrected chi connectivity index (χ3v) is 5.41. The van der Waals surface area contributed by atoms with E-state index in [2.05, 4.69) is 0 Å². The minimum Gasteiger partial charge on any atom is -0.451 e. The van der Waals surface area contributed by atoms with Crippen molar-refractivity contribution in [2.75, 3.05) is 14.1 Å². The molecular weight excluding hydrogens is 342 g/mol. The van der Waals surface area contributed by atoms with Gasteiger partial charge in [0.05, 0.1) is 10.5 Å². The summed E-state index contributed by atoms with van der Waals surface area (Å²) in [6.45, 7) is 1.50. The topological polar surface area (TPSA) is 80.8 Å². The number of nitrogens with zero attached hydrogens (tertiary/aromatic N) is 1. The van der Waals surface area contributed by atoms with E-state index in [-0.39, 0.29) is 16.2 Å². The van der Waals surface area contributed by atoms with Gasteiger partial charge in [-0.15, -0.1) is 0 Å². The highest BCUT2D eigenvalue weighted by Gasteiger charge is 2.21. The van der Waals surface area contributed by atoms with Crippen LogP contribution in [-0.4, -0.2) is 44.7 Å². The van der Waals surface area contributed by atoms with Crippen LogP contribution in [0.2, 0.25) is 0 Å². The van der Waals surface area contributed by atoms with Crippen LogP contribution in [0.5, 0.6) is 0 Å². The van der Waals surface area contributed by atoms with Gasteiger partial charge in [0, 0.05) is 19.7 Å². The molecule has 0 bridgehead atoms. The van der Waals surface area contributed by atoms with Gasteiger partial charge in [0.25, 0.3) is 0 Å². The molecule has 25 heavy (non-hydrogen) atoms. The Morgan fingerprint density at radius 2 is 1.48 bits per heavy atom. The zero-order chi connectivity index (χ0) is 18.6. The van der Waals surface area contributed by atoms with E-state index >= 15 is 0 Å². The standard InChI is InChI=1S/C18H19NO5S/c1-13(17(20)14-7-5-4-6-8-14)24-18(21)15-9-11-16(12-10-15)25(22,23)19(2)3/h4-13H,1-3H3/t13-/m1/s1. The molecule has 2 aromatic carbocycles. The molecule has 0 aliphatic heterocycles. The normalized spacial score (nSPS) is 12.6. The van der Waals surface area contributed by atoms with Crippen LogP contribution in [0, 0.1) is 0 Å². The molecule has 2 aromatic rings. The van der Waals surface area contributed by atoms with Crippen LogP contribution in [0.25, 0.3) is 0 Å². The monoisotopic (exact) mass is 361 g/mol. The second-order valence-electron chi connectivity index (χ2n) is 5.59. The molecule has 0 saturated carbocycles. The lowest BCUT2D eigenvalue weighted by Crippen LogP contribution is -2.24. The predicted octanol–water partition coefficient (Wildman–Crippen LogP) is 2.37. The first kappa shape index (κ1) is 18.8. The Morgan fingerprint density at radius 3 is 2.00 bits per heavy atom. The van der Waals surface area contributed by atoms with E-state index in [0.29, 0.717) is 5.56 Å². The van der Waals surface area contributed by atoms with E-state index in [9.17, 15) is 18.0 Å². The molecule has 0 N–H and O–H groups in total. The maximum atomic E-state index is 12.2. The van der Waals surface area contributed by atoms with Crippen molar-refractivity contribution in [3.05, 3.63) is 65.7 Å². The number of benzene rings is 2. The van der Waals surface area contributed by atoms with Crippen molar-refractivity contribution in [3.8, 4) is 0 Å². The maximum Gasteiger partial charge on any atom is 0.338 e. The second kappa shape index (κ2) is 7.58. The summed E-state index contributed by atoms with van der Waals surface area (Å²) >= 11 is 0. The van der Waals surface area contributed by atoms with Crippen molar-refractivity contribution in [1.82, 2.24) is 4.31 Å². The average molecular weight is 361 g/mol. The molecule has 1 atom stereocenters. The van der Waals surface area contributed by atoms with E-state index in [1.54, 1.807) is 30.3 Å². The van der Waals surface area contributed by atoms with Crippen LogP contribution in [-0.2, 0) is 14.8 Å². The van der Waals surface area contributed by atoms with Crippen LogP contribution in [0.1, 0.15) is 27.6 Å². The zero-order valence-corrected chi connectivity index (χ0v) is 15.0. The highest BCUT2D eigenvalue weighted by atomic mass is 32.2. The van der Waals surface area contributed by atoms with Crippen molar-refractivity contribution in [1.29, 1.82) is 0 Å². The molecule has 0 fully saturated rings. The summed E-state index contributed by atoms with van der Waals surface area (Å²) in [4.78, 5) is 24.4. The lowest BCUT2D eigenvalue weighted by molar-refractivity contribution is 0.0318. The molecule has 0 radical (unpaired) electrons. The summed E-state index contributed by atoms with van der Waals surface area (Å²) in [6.07, 6.45) is -0.944. The number of Topliss-reactive ketones (excluding diaryl/α,β-unsaturated/α-hetero) is 1. The van der Waals surface area contributed by atoms with Crippen molar-refractivity contribution < 1.29 is 22.7 Å². The fourth-order valence-electron chi connectivity index (χ4n) is 2.09. The Balaban J connectivity index is 2.10. The molecule has 0 unspecified atom stereocenters. The van der Waals surface area contributed by atoms with Crippen LogP contribution in [0.15, 0.2) is 59.5 Å². The number of ether oxygens (including phenoxy) is 1. The number of rotatable bonds is 6. The number of carbonyl (C=O) groups excluding carboxylic acids is 2. The van der Waals surface area contributed by atoms with Gasteiger partial charge in [0.15, 0.2) is 6.10 Å². The number of ketones is 1. The first-order valence-corrected chi connectivity index (χ1v) is 9.00. The first-order valence-electron chi connectivity index (χ1n) is 7.56. The number of carbonyl (C=O) groups is 2. The summed E-state index contributed by atoms with van der Waals surface area (Å²) in [7, 11) is -0.715. The molecule has 0 heterocycles. The smallest absolute Gasteiger partial charge is 0.338 e. The van der Waals surface area contributed by atoms with Crippen LogP contribution >= 0.6 is 0 Å². The molecule has 6 nitrogen and oxygen atoms in total. The number of sulfonamides is 1. The lowest BCUT2D eigenvalue weighted by Gasteiger charge is -2.13. The average Bonchev–Trinajstić information content (AvgIpc) is 2.61. The molecule has 2 rings (SSSR count). The third-order valence-electron chi connectivity index (χ3n) is 3.58. The Bertz CT molecular complexity index is 858. The number of hydrogen-bond donors (Lipinski definition) is 0. The van der Waals surface area contributed by atoms with Gasteiger partial charge in [-0.05, 0) is 31.2 Å². The third kappa shape index (κ3) is 4.32.